The molecule has 2 aromatic carbocycles. The Labute approximate surface area is 127 Å². The summed E-state index contributed by atoms with van der Waals surface area (Å²) in [5.74, 6) is -0.0339. The van der Waals surface area contributed by atoms with E-state index in [0.717, 1.165) is 5.69 Å². The highest BCUT2D eigenvalue weighted by Gasteiger charge is 2.01. The molecule has 0 aliphatic heterocycles. The molecule has 2 rings (SSSR count). The van der Waals surface area contributed by atoms with Gasteiger partial charge < -0.3 is 10.1 Å². The Bertz CT molecular complexity index is 674. The number of anilines is 1. The smallest absolute Gasteiger partial charge is 0.259 e. The molecule has 2 aromatic rings. The Morgan fingerprint density at radius 3 is 2.86 bits per heavy atom. The summed E-state index contributed by atoms with van der Waals surface area (Å²) in [6.07, 6.45) is 1.26. The summed E-state index contributed by atoms with van der Waals surface area (Å²) >= 11 is 0. The van der Waals surface area contributed by atoms with Gasteiger partial charge in [0, 0.05) is 17.3 Å². The molecule has 114 valence electrons. The van der Waals surface area contributed by atoms with E-state index >= 15 is 0 Å². The average molecular weight is 301 g/mol. The van der Waals surface area contributed by atoms with Crippen molar-refractivity contribution in [3.05, 3.63) is 59.9 Å². The Kier molecular flexibility index (Phi) is 5.48. The highest BCUT2D eigenvalue weighted by Crippen LogP contribution is 2.16. The molecule has 2 N–H and O–H groups in total. The van der Waals surface area contributed by atoms with Crippen LogP contribution in [-0.2, 0) is 4.79 Å². The van der Waals surface area contributed by atoms with Crippen LogP contribution in [-0.4, -0.2) is 25.8 Å². The lowest BCUT2D eigenvalue weighted by molar-refractivity contribution is -0.119. The van der Waals surface area contributed by atoms with Crippen LogP contribution in [0.5, 0.6) is 5.75 Å². The molecule has 0 saturated heterocycles. The van der Waals surface area contributed by atoms with Gasteiger partial charge in [0.25, 0.3) is 5.91 Å². The molecule has 0 heterocycles. The van der Waals surface area contributed by atoms with Crippen molar-refractivity contribution in [3.63, 3.8) is 0 Å². The largest absolute Gasteiger partial charge is 0.497 e. The normalized spacial score (nSPS) is 10.5. The number of hydrazone groups is 1. The molecular formula is C16H16FN3O2. The molecule has 0 bridgehead atoms. The van der Waals surface area contributed by atoms with E-state index in [1.165, 1.54) is 12.3 Å². The molecular weight excluding hydrogens is 285 g/mol. The highest BCUT2D eigenvalue weighted by atomic mass is 19.1. The number of hydrogen-bond acceptors (Lipinski definition) is 4. The zero-order valence-electron chi connectivity index (χ0n) is 12.0. The number of carbonyl (C=O) groups excluding carboxylic acids is 1. The summed E-state index contributed by atoms with van der Waals surface area (Å²) < 4.78 is 18.4. The number of nitrogens with zero attached hydrogens (tertiary/aromatic N) is 1. The van der Waals surface area contributed by atoms with Gasteiger partial charge in [0.2, 0.25) is 0 Å². The number of hydrogen-bond donors (Lipinski definition) is 2. The van der Waals surface area contributed by atoms with Crippen molar-refractivity contribution in [1.82, 2.24) is 5.43 Å². The summed E-state index contributed by atoms with van der Waals surface area (Å²) in [5, 5.41) is 6.66. The van der Waals surface area contributed by atoms with Crippen molar-refractivity contribution >= 4 is 17.8 Å². The van der Waals surface area contributed by atoms with Crippen molar-refractivity contribution < 1.29 is 13.9 Å². The maximum atomic E-state index is 13.3. The molecule has 0 atom stereocenters. The minimum absolute atomic E-state index is 0.0434. The van der Waals surface area contributed by atoms with E-state index in [1.54, 1.807) is 31.4 Å². The van der Waals surface area contributed by atoms with Crippen LogP contribution >= 0.6 is 0 Å². The zero-order chi connectivity index (χ0) is 15.8. The van der Waals surface area contributed by atoms with Gasteiger partial charge in [-0.1, -0.05) is 24.3 Å². The topological polar surface area (TPSA) is 62.7 Å². The van der Waals surface area contributed by atoms with Crippen LogP contribution in [0, 0.1) is 5.82 Å². The van der Waals surface area contributed by atoms with E-state index in [-0.39, 0.29) is 12.5 Å². The molecule has 0 fully saturated rings. The van der Waals surface area contributed by atoms with Gasteiger partial charge in [-0.05, 0) is 18.2 Å². The predicted molar refractivity (Wildman–Crippen MR) is 83.6 cm³/mol. The van der Waals surface area contributed by atoms with Gasteiger partial charge in [0.1, 0.15) is 11.6 Å². The fourth-order valence-electron chi connectivity index (χ4n) is 1.71. The van der Waals surface area contributed by atoms with Crippen LogP contribution in [0.1, 0.15) is 5.56 Å². The van der Waals surface area contributed by atoms with Gasteiger partial charge >= 0.3 is 0 Å². The fraction of sp³-hybridized carbons (Fsp3) is 0.125. The maximum absolute atomic E-state index is 13.3. The SMILES string of the molecule is COc1cccc(NCC(=O)N/N=C\c2ccccc2F)c1. The van der Waals surface area contributed by atoms with Gasteiger partial charge in [-0.2, -0.15) is 5.10 Å². The monoisotopic (exact) mass is 301 g/mol. The van der Waals surface area contributed by atoms with Crippen molar-refractivity contribution in [2.75, 3.05) is 19.0 Å². The Morgan fingerprint density at radius 1 is 1.27 bits per heavy atom. The third-order valence-corrected chi connectivity index (χ3v) is 2.82. The van der Waals surface area contributed by atoms with E-state index in [4.69, 9.17) is 4.74 Å². The summed E-state index contributed by atoms with van der Waals surface area (Å²) in [7, 11) is 1.57. The standard InChI is InChI=1S/C16H16FN3O2/c1-22-14-7-4-6-13(9-14)18-11-16(21)20-19-10-12-5-2-3-8-15(12)17/h2-10,18H,11H2,1H3,(H,20,21)/b19-10-. The van der Waals surface area contributed by atoms with Gasteiger partial charge in [0.05, 0.1) is 19.9 Å². The molecule has 0 unspecified atom stereocenters. The van der Waals surface area contributed by atoms with E-state index in [0.29, 0.717) is 11.3 Å². The van der Waals surface area contributed by atoms with Crippen molar-refractivity contribution in [2.24, 2.45) is 5.10 Å². The lowest BCUT2D eigenvalue weighted by Crippen LogP contribution is -2.25. The number of methoxy groups -OCH3 is 1. The number of ether oxygens (including phenoxy) is 1. The van der Waals surface area contributed by atoms with E-state index in [1.807, 2.05) is 18.2 Å². The minimum Gasteiger partial charge on any atom is -0.497 e. The fourth-order valence-corrected chi connectivity index (χ4v) is 1.71. The number of carbonyl (C=O) groups is 1. The number of benzene rings is 2. The van der Waals surface area contributed by atoms with Gasteiger partial charge in [0.15, 0.2) is 0 Å². The lowest BCUT2D eigenvalue weighted by Gasteiger charge is -2.06. The van der Waals surface area contributed by atoms with E-state index in [9.17, 15) is 9.18 Å². The van der Waals surface area contributed by atoms with Crippen molar-refractivity contribution in [3.8, 4) is 5.75 Å². The molecule has 0 aliphatic rings. The highest BCUT2D eigenvalue weighted by molar-refractivity contribution is 5.84. The lowest BCUT2D eigenvalue weighted by atomic mass is 10.2. The first-order valence-electron chi connectivity index (χ1n) is 6.63. The summed E-state index contributed by atoms with van der Waals surface area (Å²) in [6.45, 7) is 0.0434. The second-order valence-electron chi connectivity index (χ2n) is 4.40. The molecule has 0 spiro atoms. The Balaban J connectivity index is 1.82. The number of rotatable bonds is 6. The molecule has 22 heavy (non-hydrogen) atoms. The van der Waals surface area contributed by atoms with Crippen LogP contribution < -0.4 is 15.5 Å². The molecule has 5 nitrogen and oxygen atoms in total. The Hall–Kier alpha value is -2.89. The molecule has 1 amide bonds. The Morgan fingerprint density at radius 2 is 2.09 bits per heavy atom. The zero-order valence-corrected chi connectivity index (χ0v) is 12.0. The predicted octanol–water partition coefficient (Wildman–Crippen LogP) is 2.40. The molecule has 6 heteroatoms. The van der Waals surface area contributed by atoms with Gasteiger partial charge in [-0.15, -0.1) is 0 Å². The second kappa shape index (κ2) is 7.78. The quantitative estimate of drug-likeness (QED) is 0.636. The van der Waals surface area contributed by atoms with Crippen LogP contribution in [0.3, 0.4) is 0 Å². The van der Waals surface area contributed by atoms with Crippen LogP contribution in [0.25, 0.3) is 0 Å². The summed E-state index contributed by atoms with van der Waals surface area (Å²) in [5.41, 5.74) is 3.39. The van der Waals surface area contributed by atoms with E-state index in [2.05, 4.69) is 15.8 Å². The molecule has 0 aliphatic carbocycles. The second-order valence-corrected chi connectivity index (χ2v) is 4.40. The van der Waals surface area contributed by atoms with Crippen LogP contribution in [0.15, 0.2) is 53.6 Å². The number of nitrogens with one attached hydrogen (secondary N) is 2. The summed E-state index contributed by atoms with van der Waals surface area (Å²) in [6, 6.07) is 13.4. The molecule has 0 aromatic heterocycles. The third-order valence-electron chi connectivity index (χ3n) is 2.82. The maximum Gasteiger partial charge on any atom is 0.259 e. The van der Waals surface area contributed by atoms with Crippen molar-refractivity contribution in [2.45, 2.75) is 0 Å². The summed E-state index contributed by atoms with van der Waals surface area (Å²) in [4.78, 5) is 11.6. The first-order chi connectivity index (χ1) is 10.7. The van der Waals surface area contributed by atoms with Gasteiger partial charge in [-0.3, -0.25) is 4.79 Å². The van der Waals surface area contributed by atoms with Gasteiger partial charge in [-0.25, -0.2) is 9.82 Å². The molecule has 0 saturated carbocycles. The minimum atomic E-state index is -0.394. The van der Waals surface area contributed by atoms with E-state index < -0.39 is 5.82 Å². The average Bonchev–Trinajstić information content (AvgIpc) is 2.55. The van der Waals surface area contributed by atoms with Crippen molar-refractivity contribution in [1.29, 1.82) is 0 Å². The molecule has 0 radical (unpaired) electrons. The number of amides is 1. The van der Waals surface area contributed by atoms with Crippen LogP contribution in [0.4, 0.5) is 10.1 Å². The van der Waals surface area contributed by atoms with Crippen LogP contribution in [0.2, 0.25) is 0 Å². The third kappa shape index (κ3) is 4.59. The number of halogens is 1. The first-order valence-corrected chi connectivity index (χ1v) is 6.63. The first kappa shape index (κ1) is 15.5.